The van der Waals surface area contributed by atoms with Gasteiger partial charge in [-0.1, -0.05) is 36.4 Å². The van der Waals surface area contributed by atoms with Crippen LogP contribution in [0.3, 0.4) is 0 Å². The van der Waals surface area contributed by atoms with Gasteiger partial charge in [0, 0.05) is 30.9 Å². The molecule has 7 heteroatoms. The number of anilines is 3. The molecule has 0 saturated carbocycles. The number of nitrogens with zero attached hydrogens (tertiary/aromatic N) is 3. The molecule has 0 unspecified atom stereocenters. The molecule has 4 rings (SSSR count). The maximum absolute atomic E-state index is 4.61. The van der Waals surface area contributed by atoms with Crippen LogP contribution in [0.2, 0.25) is 0 Å². The third kappa shape index (κ3) is 4.07. The molecule has 0 radical (unpaired) electrons. The number of aromatic amines is 1. The number of aryl methyl sites for hydroxylation is 1. The summed E-state index contributed by atoms with van der Waals surface area (Å²) >= 11 is 0. The van der Waals surface area contributed by atoms with Crippen LogP contribution >= 0.6 is 0 Å². The Morgan fingerprint density at radius 3 is 2.50 bits per heavy atom. The summed E-state index contributed by atoms with van der Waals surface area (Å²) in [7, 11) is 0. The van der Waals surface area contributed by atoms with E-state index in [4.69, 9.17) is 0 Å². The number of aromatic nitrogens is 4. The first-order valence-corrected chi connectivity index (χ1v) is 8.63. The summed E-state index contributed by atoms with van der Waals surface area (Å²) in [5, 5.41) is 17.0. The van der Waals surface area contributed by atoms with E-state index in [-0.39, 0.29) is 0 Å². The van der Waals surface area contributed by atoms with Gasteiger partial charge in [0.15, 0.2) is 11.6 Å². The van der Waals surface area contributed by atoms with Crippen molar-refractivity contribution in [3.8, 4) is 0 Å². The average Bonchev–Trinajstić information content (AvgIpc) is 3.02. The highest BCUT2D eigenvalue weighted by molar-refractivity contribution is 5.68. The molecule has 2 aromatic heterocycles. The third-order valence-electron chi connectivity index (χ3n) is 4.06. The number of hydrogen-bond acceptors (Lipinski definition) is 6. The minimum absolute atomic E-state index is 0.399. The molecule has 0 spiro atoms. The molecule has 0 aliphatic carbocycles. The molecule has 1 aliphatic rings. The summed E-state index contributed by atoms with van der Waals surface area (Å²) in [6, 6.07) is 14.3. The molecule has 0 bridgehead atoms. The van der Waals surface area contributed by atoms with Crippen molar-refractivity contribution in [1.82, 2.24) is 25.5 Å². The quantitative estimate of drug-likeness (QED) is 0.548. The molecule has 4 N–H and O–H groups in total. The van der Waals surface area contributed by atoms with Crippen molar-refractivity contribution in [2.24, 2.45) is 0 Å². The fraction of sp³-hybridized carbons (Fsp3) is 0.211. The Kier molecular flexibility index (Phi) is 4.61. The van der Waals surface area contributed by atoms with Crippen LogP contribution in [-0.4, -0.2) is 39.3 Å². The molecule has 1 aliphatic heterocycles. The van der Waals surface area contributed by atoms with Crippen molar-refractivity contribution in [3.05, 3.63) is 59.5 Å². The molecule has 1 fully saturated rings. The molecule has 0 atom stereocenters. The van der Waals surface area contributed by atoms with E-state index in [0.29, 0.717) is 17.7 Å². The molecule has 1 saturated heterocycles. The van der Waals surface area contributed by atoms with E-state index in [9.17, 15) is 0 Å². The Labute approximate surface area is 152 Å². The second-order valence-corrected chi connectivity index (χ2v) is 6.30. The zero-order valence-electron chi connectivity index (χ0n) is 14.5. The maximum atomic E-state index is 4.61. The predicted octanol–water partition coefficient (Wildman–Crippen LogP) is 2.81. The molecule has 3 aromatic rings. The standard InChI is InChI=1S/C19H21N7/c1-13-9-19(26-25-13)24-18-10-17(21-15-11-20-12-15)22-16(23-18)8-7-14-5-3-2-4-6-14/h2-10,15,20H,11-12H2,1H3,(H3,21,22,23,24,25,26). The Morgan fingerprint density at radius 1 is 1.00 bits per heavy atom. The zero-order valence-corrected chi connectivity index (χ0v) is 14.5. The third-order valence-corrected chi connectivity index (χ3v) is 4.06. The van der Waals surface area contributed by atoms with Gasteiger partial charge < -0.3 is 16.0 Å². The predicted molar refractivity (Wildman–Crippen MR) is 104 cm³/mol. The second kappa shape index (κ2) is 7.37. The van der Waals surface area contributed by atoms with Crippen molar-refractivity contribution in [2.75, 3.05) is 23.7 Å². The van der Waals surface area contributed by atoms with Gasteiger partial charge in [-0.25, -0.2) is 9.97 Å². The van der Waals surface area contributed by atoms with E-state index in [1.54, 1.807) is 0 Å². The lowest BCUT2D eigenvalue weighted by molar-refractivity contribution is 0.471. The molecular weight excluding hydrogens is 326 g/mol. The van der Waals surface area contributed by atoms with Gasteiger partial charge in [-0.3, -0.25) is 5.10 Å². The molecule has 132 valence electrons. The van der Waals surface area contributed by atoms with Crippen molar-refractivity contribution in [1.29, 1.82) is 0 Å². The summed E-state index contributed by atoms with van der Waals surface area (Å²) in [5.41, 5.74) is 2.10. The van der Waals surface area contributed by atoms with Crippen LogP contribution in [-0.2, 0) is 0 Å². The van der Waals surface area contributed by atoms with Crippen molar-refractivity contribution in [3.63, 3.8) is 0 Å². The van der Waals surface area contributed by atoms with Crippen molar-refractivity contribution < 1.29 is 0 Å². The first kappa shape index (κ1) is 16.3. The number of benzene rings is 1. The minimum atomic E-state index is 0.399. The Morgan fingerprint density at radius 2 is 1.81 bits per heavy atom. The van der Waals surface area contributed by atoms with E-state index in [2.05, 4.69) is 36.1 Å². The fourth-order valence-electron chi connectivity index (χ4n) is 2.63. The van der Waals surface area contributed by atoms with Crippen LogP contribution in [0.5, 0.6) is 0 Å². The van der Waals surface area contributed by atoms with Crippen LogP contribution < -0.4 is 16.0 Å². The van der Waals surface area contributed by atoms with Crippen LogP contribution in [0.1, 0.15) is 17.1 Å². The van der Waals surface area contributed by atoms with E-state index < -0.39 is 0 Å². The normalized spacial score (nSPS) is 14.3. The number of hydrogen-bond donors (Lipinski definition) is 4. The fourth-order valence-corrected chi connectivity index (χ4v) is 2.63. The lowest BCUT2D eigenvalue weighted by Crippen LogP contribution is -2.51. The molecular formula is C19H21N7. The number of rotatable bonds is 6. The molecule has 1 aromatic carbocycles. The minimum Gasteiger partial charge on any atom is -0.365 e. The Hall–Kier alpha value is -3.19. The summed E-state index contributed by atoms with van der Waals surface area (Å²) in [4.78, 5) is 9.20. The summed E-state index contributed by atoms with van der Waals surface area (Å²) in [6.07, 6.45) is 3.92. The molecule has 26 heavy (non-hydrogen) atoms. The number of nitrogens with one attached hydrogen (secondary N) is 4. The lowest BCUT2D eigenvalue weighted by atomic mass is 10.2. The topological polar surface area (TPSA) is 90.5 Å². The van der Waals surface area contributed by atoms with Crippen molar-refractivity contribution >= 4 is 29.6 Å². The summed E-state index contributed by atoms with van der Waals surface area (Å²) < 4.78 is 0. The van der Waals surface area contributed by atoms with Gasteiger partial charge in [0.05, 0.1) is 6.04 Å². The maximum Gasteiger partial charge on any atom is 0.156 e. The molecule has 7 nitrogen and oxygen atoms in total. The van der Waals surface area contributed by atoms with Gasteiger partial charge in [-0.05, 0) is 18.6 Å². The smallest absolute Gasteiger partial charge is 0.156 e. The van der Waals surface area contributed by atoms with Gasteiger partial charge in [0.1, 0.15) is 11.6 Å². The first-order chi connectivity index (χ1) is 12.7. The summed E-state index contributed by atoms with van der Waals surface area (Å²) in [6.45, 7) is 3.85. The second-order valence-electron chi connectivity index (χ2n) is 6.30. The van der Waals surface area contributed by atoms with E-state index in [0.717, 1.165) is 36.0 Å². The number of H-pyrrole nitrogens is 1. The Bertz CT molecular complexity index is 897. The average molecular weight is 347 g/mol. The highest BCUT2D eigenvalue weighted by Crippen LogP contribution is 2.18. The zero-order chi connectivity index (χ0) is 17.8. The first-order valence-electron chi connectivity index (χ1n) is 8.63. The molecule has 3 heterocycles. The largest absolute Gasteiger partial charge is 0.365 e. The van der Waals surface area contributed by atoms with Crippen molar-refractivity contribution in [2.45, 2.75) is 13.0 Å². The highest BCUT2D eigenvalue weighted by Gasteiger charge is 2.17. The van der Waals surface area contributed by atoms with Gasteiger partial charge in [-0.15, -0.1) is 0 Å². The van der Waals surface area contributed by atoms with Crippen LogP contribution in [0.25, 0.3) is 12.2 Å². The van der Waals surface area contributed by atoms with E-state index in [1.807, 2.05) is 61.5 Å². The Balaban J connectivity index is 1.59. The monoisotopic (exact) mass is 347 g/mol. The van der Waals surface area contributed by atoms with Crippen LogP contribution in [0.15, 0.2) is 42.5 Å². The van der Waals surface area contributed by atoms with E-state index >= 15 is 0 Å². The van der Waals surface area contributed by atoms with E-state index in [1.165, 1.54) is 0 Å². The van der Waals surface area contributed by atoms with Crippen LogP contribution in [0.4, 0.5) is 17.5 Å². The van der Waals surface area contributed by atoms with Gasteiger partial charge in [0.25, 0.3) is 0 Å². The van der Waals surface area contributed by atoms with Gasteiger partial charge >= 0.3 is 0 Å². The van der Waals surface area contributed by atoms with Gasteiger partial charge in [0.2, 0.25) is 0 Å². The highest BCUT2D eigenvalue weighted by atomic mass is 15.2. The molecule has 0 amide bonds. The SMILES string of the molecule is Cc1cc(Nc2cc(NC3CNC3)nc(C=Cc3ccccc3)n2)n[nH]1. The lowest BCUT2D eigenvalue weighted by Gasteiger charge is -2.28. The summed E-state index contributed by atoms with van der Waals surface area (Å²) in [5.74, 6) is 2.87. The van der Waals surface area contributed by atoms with Gasteiger partial charge in [-0.2, -0.15) is 5.10 Å². The van der Waals surface area contributed by atoms with Crippen LogP contribution in [0, 0.1) is 6.92 Å².